The Morgan fingerprint density at radius 2 is 1.76 bits per heavy atom. The summed E-state index contributed by atoms with van der Waals surface area (Å²) in [6.07, 6.45) is 4.93. The number of aromatic nitrogens is 1. The second kappa shape index (κ2) is 7.37. The molecule has 0 saturated heterocycles. The number of hydrogen-bond donors (Lipinski definition) is 1. The lowest BCUT2D eigenvalue weighted by Gasteiger charge is -2.16. The Bertz CT molecular complexity index is 558. The van der Waals surface area contributed by atoms with Crippen molar-refractivity contribution in [3.63, 3.8) is 0 Å². The van der Waals surface area contributed by atoms with Gasteiger partial charge in [0.25, 0.3) is 0 Å². The maximum absolute atomic E-state index is 4.14. The third kappa shape index (κ3) is 4.68. The van der Waals surface area contributed by atoms with Gasteiger partial charge in [0.05, 0.1) is 0 Å². The number of aryl methyl sites for hydroxylation is 1. The highest BCUT2D eigenvalue weighted by atomic mass is 14.9. The van der Waals surface area contributed by atoms with Gasteiger partial charge < -0.3 is 5.32 Å². The molecule has 0 bridgehead atoms. The molecule has 0 aliphatic rings. The smallest absolute Gasteiger partial charge is 0.0300 e. The molecule has 1 aromatic heterocycles. The van der Waals surface area contributed by atoms with Crippen LogP contribution in [0.3, 0.4) is 0 Å². The minimum atomic E-state index is 0.352. The molecule has 0 amide bonds. The fourth-order valence-corrected chi connectivity index (χ4v) is 2.50. The van der Waals surface area contributed by atoms with Gasteiger partial charge in [-0.25, -0.2) is 0 Å². The first-order valence-electron chi connectivity index (χ1n) is 7.78. The third-order valence-electron chi connectivity index (χ3n) is 3.86. The van der Waals surface area contributed by atoms with Crippen LogP contribution in [0.25, 0.3) is 0 Å². The molecule has 2 nitrogen and oxygen atoms in total. The number of hydrogen-bond acceptors (Lipinski definition) is 2. The summed E-state index contributed by atoms with van der Waals surface area (Å²) in [5.74, 6) is 0.709. The van der Waals surface area contributed by atoms with Crippen LogP contribution in [-0.4, -0.2) is 4.98 Å². The van der Waals surface area contributed by atoms with Crippen molar-refractivity contribution in [1.29, 1.82) is 0 Å². The molecule has 1 N–H and O–H groups in total. The van der Waals surface area contributed by atoms with E-state index in [1.807, 2.05) is 12.4 Å². The molecule has 0 aliphatic heterocycles. The zero-order valence-corrected chi connectivity index (χ0v) is 13.6. The van der Waals surface area contributed by atoms with Crippen molar-refractivity contribution >= 4 is 0 Å². The average molecular weight is 282 g/mol. The van der Waals surface area contributed by atoms with Crippen molar-refractivity contribution in [3.05, 3.63) is 65.0 Å². The Kier molecular flexibility index (Phi) is 5.51. The van der Waals surface area contributed by atoms with Gasteiger partial charge in [-0.05, 0) is 54.5 Å². The summed E-state index contributed by atoms with van der Waals surface area (Å²) in [7, 11) is 0. The third-order valence-corrected chi connectivity index (χ3v) is 3.86. The normalized spacial score (nSPS) is 12.6. The Balaban J connectivity index is 1.94. The van der Waals surface area contributed by atoms with Crippen LogP contribution in [0.2, 0.25) is 0 Å². The maximum atomic E-state index is 4.14. The topological polar surface area (TPSA) is 24.9 Å². The summed E-state index contributed by atoms with van der Waals surface area (Å²) in [5.41, 5.74) is 5.32. The second-order valence-corrected chi connectivity index (χ2v) is 6.24. The van der Waals surface area contributed by atoms with Gasteiger partial charge in [0.1, 0.15) is 0 Å². The first kappa shape index (κ1) is 15.7. The van der Waals surface area contributed by atoms with Gasteiger partial charge in [-0.1, -0.05) is 38.1 Å². The quantitative estimate of drug-likeness (QED) is 0.847. The molecule has 1 heterocycles. The minimum Gasteiger partial charge on any atom is -0.306 e. The summed E-state index contributed by atoms with van der Waals surface area (Å²) in [6, 6.07) is 11.4. The van der Waals surface area contributed by atoms with E-state index in [9.17, 15) is 0 Å². The van der Waals surface area contributed by atoms with Gasteiger partial charge in [0, 0.05) is 25.0 Å². The van der Waals surface area contributed by atoms with Crippen molar-refractivity contribution in [2.75, 3.05) is 0 Å². The monoisotopic (exact) mass is 282 g/mol. The highest BCUT2D eigenvalue weighted by Gasteiger charge is 2.06. The van der Waals surface area contributed by atoms with Crippen molar-refractivity contribution in [3.8, 4) is 0 Å². The molecule has 2 heteroatoms. The minimum absolute atomic E-state index is 0.352. The van der Waals surface area contributed by atoms with E-state index in [0.29, 0.717) is 12.0 Å². The number of nitrogens with one attached hydrogen (secondary N) is 1. The summed E-state index contributed by atoms with van der Waals surface area (Å²) < 4.78 is 0. The summed E-state index contributed by atoms with van der Waals surface area (Å²) in [5, 5.41) is 3.59. The molecule has 0 aliphatic carbocycles. The van der Waals surface area contributed by atoms with Gasteiger partial charge in [-0.3, -0.25) is 4.98 Å². The van der Waals surface area contributed by atoms with E-state index in [-0.39, 0.29) is 0 Å². The molecule has 112 valence electrons. The molecule has 1 unspecified atom stereocenters. The maximum Gasteiger partial charge on any atom is 0.0300 e. The van der Waals surface area contributed by atoms with Crippen LogP contribution in [0.15, 0.2) is 42.7 Å². The van der Waals surface area contributed by atoms with Gasteiger partial charge in [-0.15, -0.1) is 0 Å². The predicted molar refractivity (Wildman–Crippen MR) is 89.2 cm³/mol. The summed E-state index contributed by atoms with van der Waals surface area (Å²) in [6.45, 7) is 9.72. The zero-order chi connectivity index (χ0) is 15.2. The number of rotatable bonds is 6. The average Bonchev–Trinajstić information content (AvgIpc) is 2.46. The number of benzene rings is 1. The van der Waals surface area contributed by atoms with Crippen LogP contribution in [0.5, 0.6) is 0 Å². The van der Waals surface area contributed by atoms with Crippen LogP contribution in [-0.2, 0) is 13.0 Å². The van der Waals surface area contributed by atoms with Crippen molar-refractivity contribution in [1.82, 2.24) is 10.3 Å². The lowest BCUT2D eigenvalue weighted by atomic mass is 10.00. The lowest BCUT2D eigenvalue weighted by molar-refractivity contribution is 0.572. The molecule has 0 saturated carbocycles. The molecular formula is C19H26N2. The molecule has 0 spiro atoms. The van der Waals surface area contributed by atoms with Crippen molar-refractivity contribution < 1.29 is 0 Å². The number of pyridine rings is 1. The van der Waals surface area contributed by atoms with E-state index in [0.717, 1.165) is 13.0 Å². The standard InChI is InChI=1S/C19H26N2/c1-14(2)11-17-5-7-18(8-6-17)16(4)21-13-19-9-10-20-12-15(19)3/h5-10,12,14,16,21H,11,13H2,1-4H3. The highest BCUT2D eigenvalue weighted by Crippen LogP contribution is 2.16. The van der Waals surface area contributed by atoms with E-state index >= 15 is 0 Å². The van der Waals surface area contributed by atoms with Crippen molar-refractivity contribution in [2.24, 2.45) is 5.92 Å². The molecule has 1 aromatic carbocycles. The van der Waals surface area contributed by atoms with Crippen molar-refractivity contribution in [2.45, 2.75) is 46.7 Å². The Morgan fingerprint density at radius 3 is 2.38 bits per heavy atom. The molecule has 0 radical (unpaired) electrons. The van der Waals surface area contributed by atoms with Crippen LogP contribution >= 0.6 is 0 Å². The first-order valence-corrected chi connectivity index (χ1v) is 7.78. The Labute approximate surface area is 128 Å². The van der Waals surface area contributed by atoms with Crippen LogP contribution < -0.4 is 5.32 Å². The lowest BCUT2D eigenvalue weighted by Crippen LogP contribution is -2.18. The van der Waals surface area contributed by atoms with E-state index in [2.05, 4.69) is 68.3 Å². The first-order chi connectivity index (χ1) is 10.1. The van der Waals surface area contributed by atoms with Crippen LogP contribution in [0, 0.1) is 12.8 Å². The van der Waals surface area contributed by atoms with E-state index < -0.39 is 0 Å². The SMILES string of the molecule is Cc1cnccc1CNC(C)c1ccc(CC(C)C)cc1. The largest absolute Gasteiger partial charge is 0.306 e. The second-order valence-electron chi connectivity index (χ2n) is 6.24. The Morgan fingerprint density at radius 1 is 1.05 bits per heavy atom. The molecule has 0 fully saturated rings. The number of nitrogens with zero attached hydrogens (tertiary/aromatic N) is 1. The van der Waals surface area contributed by atoms with E-state index in [1.165, 1.54) is 22.3 Å². The van der Waals surface area contributed by atoms with Gasteiger partial charge in [-0.2, -0.15) is 0 Å². The molecule has 2 aromatic rings. The van der Waals surface area contributed by atoms with Gasteiger partial charge in [0.2, 0.25) is 0 Å². The zero-order valence-electron chi connectivity index (χ0n) is 13.6. The predicted octanol–water partition coefficient (Wildman–Crippen LogP) is 4.44. The molecular weight excluding hydrogens is 256 g/mol. The fraction of sp³-hybridized carbons (Fsp3) is 0.421. The fourth-order valence-electron chi connectivity index (χ4n) is 2.50. The molecule has 1 atom stereocenters. The molecule has 21 heavy (non-hydrogen) atoms. The van der Waals surface area contributed by atoms with E-state index in [1.54, 1.807) is 0 Å². The van der Waals surface area contributed by atoms with Gasteiger partial charge >= 0.3 is 0 Å². The van der Waals surface area contributed by atoms with E-state index in [4.69, 9.17) is 0 Å². The summed E-state index contributed by atoms with van der Waals surface area (Å²) in [4.78, 5) is 4.14. The molecule has 2 rings (SSSR count). The van der Waals surface area contributed by atoms with Crippen LogP contribution in [0.1, 0.15) is 49.1 Å². The Hall–Kier alpha value is -1.67. The summed E-state index contributed by atoms with van der Waals surface area (Å²) >= 11 is 0. The van der Waals surface area contributed by atoms with Gasteiger partial charge in [0.15, 0.2) is 0 Å². The van der Waals surface area contributed by atoms with Crippen LogP contribution in [0.4, 0.5) is 0 Å². The highest BCUT2D eigenvalue weighted by molar-refractivity contribution is 5.26.